The Morgan fingerprint density at radius 2 is 2.09 bits per heavy atom. The summed E-state index contributed by atoms with van der Waals surface area (Å²) in [4.78, 5) is 2.49. The molecule has 3 rings (SSSR count). The number of ether oxygens (including phenoxy) is 1. The van der Waals surface area contributed by atoms with E-state index in [2.05, 4.69) is 35.3 Å². The van der Waals surface area contributed by atoms with E-state index in [0.29, 0.717) is 0 Å². The van der Waals surface area contributed by atoms with Crippen molar-refractivity contribution < 1.29 is 4.74 Å². The topological polar surface area (TPSA) is 24.5 Å². The zero-order valence-electron chi connectivity index (χ0n) is 14.0. The first-order valence-corrected chi connectivity index (χ1v) is 8.63. The van der Waals surface area contributed by atoms with Gasteiger partial charge in [0.25, 0.3) is 0 Å². The lowest BCUT2D eigenvalue weighted by molar-refractivity contribution is 0.362. The summed E-state index contributed by atoms with van der Waals surface area (Å²) in [6, 6.07) is 4.40. The second-order valence-electron chi connectivity index (χ2n) is 6.39. The van der Waals surface area contributed by atoms with Gasteiger partial charge in [-0.05, 0) is 54.9 Å². The molecule has 1 aliphatic heterocycles. The van der Waals surface area contributed by atoms with Gasteiger partial charge >= 0.3 is 0 Å². The van der Waals surface area contributed by atoms with Gasteiger partial charge in [-0.2, -0.15) is 0 Å². The number of methoxy groups -OCH3 is 1. The fraction of sp³-hybridized carbons (Fsp3) is 0.579. The molecule has 0 unspecified atom stereocenters. The van der Waals surface area contributed by atoms with E-state index in [4.69, 9.17) is 4.74 Å². The number of benzene rings is 1. The molecule has 1 fully saturated rings. The van der Waals surface area contributed by atoms with Crippen molar-refractivity contribution in [3.8, 4) is 5.75 Å². The summed E-state index contributed by atoms with van der Waals surface area (Å²) in [6.07, 6.45) is 8.51. The summed E-state index contributed by atoms with van der Waals surface area (Å²) < 4.78 is 5.57. The molecular weight excluding hydrogens is 272 g/mol. The van der Waals surface area contributed by atoms with Crippen LogP contribution in [0.2, 0.25) is 0 Å². The lowest BCUT2D eigenvalue weighted by atomic mass is 9.86. The Morgan fingerprint density at radius 3 is 2.77 bits per heavy atom. The highest BCUT2D eigenvalue weighted by Gasteiger charge is 2.17. The van der Waals surface area contributed by atoms with Crippen molar-refractivity contribution in [2.45, 2.75) is 39.0 Å². The fourth-order valence-electron chi connectivity index (χ4n) is 3.64. The third-order valence-electron chi connectivity index (χ3n) is 4.93. The van der Waals surface area contributed by atoms with Crippen LogP contribution >= 0.6 is 0 Å². The molecule has 1 aromatic carbocycles. The smallest absolute Gasteiger partial charge is 0.122 e. The molecule has 1 N–H and O–H groups in total. The number of rotatable bonds is 5. The molecule has 0 amide bonds. The van der Waals surface area contributed by atoms with Crippen LogP contribution in [-0.2, 0) is 12.8 Å². The SMILES string of the molecule is CC/C(=C\c1ccc(OC)c2c1CCCC2)CN1CCNC1. The minimum Gasteiger partial charge on any atom is -0.496 e. The quantitative estimate of drug-likeness (QED) is 0.903. The maximum absolute atomic E-state index is 5.57. The Bertz CT molecular complexity index is 545. The summed E-state index contributed by atoms with van der Waals surface area (Å²) in [5.41, 5.74) is 5.91. The Hall–Kier alpha value is -1.32. The van der Waals surface area contributed by atoms with Gasteiger partial charge in [0.1, 0.15) is 5.75 Å². The van der Waals surface area contributed by atoms with Gasteiger partial charge in [-0.3, -0.25) is 4.90 Å². The summed E-state index contributed by atoms with van der Waals surface area (Å²) in [6.45, 7) is 6.67. The van der Waals surface area contributed by atoms with Gasteiger partial charge in [0.05, 0.1) is 7.11 Å². The van der Waals surface area contributed by atoms with E-state index in [1.54, 1.807) is 7.11 Å². The van der Waals surface area contributed by atoms with Gasteiger partial charge in [-0.25, -0.2) is 0 Å². The van der Waals surface area contributed by atoms with Crippen molar-refractivity contribution in [3.05, 3.63) is 34.4 Å². The summed E-state index contributed by atoms with van der Waals surface area (Å²) >= 11 is 0. The maximum Gasteiger partial charge on any atom is 0.122 e. The second-order valence-corrected chi connectivity index (χ2v) is 6.39. The minimum atomic E-state index is 1.03. The molecule has 1 heterocycles. The predicted molar refractivity (Wildman–Crippen MR) is 92.3 cm³/mol. The molecule has 0 radical (unpaired) electrons. The fourth-order valence-corrected chi connectivity index (χ4v) is 3.64. The van der Waals surface area contributed by atoms with Crippen molar-refractivity contribution in [1.82, 2.24) is 10.2 Å². The number of hydrogen-bond acceptors (Lipinski definition) is 3. The molecular formula is C19H28N2O. The van der Waals surface area contributed by atoms with Gasteiger partial charge in [0, 0.05) is 26.3 Å². The van der Waals surface area contributed by atoms with Crippen LogP contribution in [0.1, 0.15) is 42.9 Å². The van der Waals surface area contributed by atoms with E-state index in [9.17, 15) is 0 Å². The van der Waals surface area contributed by atoms with E-state index in [0.717, 1.165) is 44.9 Å². The van der Waals surface area contributed by atoms with E-state index >= 15 is 0 Å². The number of nitrogens with one attached hydrogen (secondary N) is 1. The van der Waals surface area contributed by atoms with Crippen LogP contribution in [0.5, 0.6) is 5.75 Å². The molecule has 2 aliphatic rings. The highest BCUT2D eigenvalue weighted by Crippen LogP contribution is 2.33. The van der Waals surface area contributed by atoms with Crippen LogP contribution in [0.4, 0.5) is 0 Å². The molecule has 0 bridgehead atoms. The normalized spacial score (nSPS) is 19.3. The van der Waals surface area contributed by atoms with Gasteiger partial charge in [-0.1, -0.05) is 24.6 Å². The van der Waals surface area contributed by atoms with Crippen molar-refractivity contribution in [2.24, 2.45) is 0 Å². The van der Waals surface area contributed by atoms with Crippen molar-refractivity contribution >= 4 is 6.08 Å². The lowest BCUT2D eigenvalue weighted by Crippen LogP contribution is -2.24. The van der Waals surface area contributed by atoms with Crippen LogP contribution in [0, 0.1) is 0 Å². The van der Waals surface area contributed by atoms with E-state index < -0.39 is 0 Å². The largest absolute Gasteiger partial charge is 0.496 e. The van der Waals surface area contributed by atoms with Gasteiger partial charge in [0.2, 0.25) is 0 Å². The average molecular weight is 300 g/mol. The van der Waals surface area contributed by atoms with Gasteiger partial charge in [0.15, 0.2) is 0 Å². The Kier molecular flexibility index (Phi) is 5.16. The van der Waals surface area contributed by atoms with Crippen LogP contribution in [0.15, 0.2) is 17.7 Å². The van der Waals surface area contributed by atoms with Crippen molar-refractivity contribution in [2.75, 3.05) is 33.4 Å². The highest BCUT2D eigenvalue weighted by atomic mass is 16.5. The van der Waals surface area contributed by atoms with Crippen LogP contribution in [0.3, 0.4) is 0 Å². The molecule has 0 atom stereocenters. The molecule has 1 aromatic rings. The molecule has 120 valence electrons. The summed E-state index contributed by atoms with van der Waals surface area (Å²) in [7, 11) is 1.79. The maximum atomic E-state index is 5.57. The molecule has 0 aromatic heterocycles. The molecule has 0 spiro atoms. The molecule has 0 saturated carbocycles. The predicted octanol–water partition coefficient (Wildman–Crippen LogP) is 3.23. The highest BCUT2D eigenvalue weighted by molar-refractivity contribution is 5.62. The van der Waals surface area contributed by atoms with Crippen LogP contribution in [-0.4, -0.2) is 38.3 Å². The van der Waals surface area contributed by atoms with E-state index in [1.165, 1.54) is 41.5 Å². The van der Waals surface area contributed by atoms with E-state index in [-0.39, 0.29) is 0 Å². The van der Waals surface area contributed by atoms with Gasteiger partial charge in [-0.15, -0.1) is 0 Å². The minimum absolute atomic E-state index is 1.03. The van der Waals surface area contributed by atoms with Crippen molar-refractivity contribution in [3.63, 3.8) is 0 Å². The first-order chi connectivity index (χ1) is 10.8. The van der Waals surface area contributed by atoms with Crippen LogP contribution < -0.4 is 10.1 Å². The Labute approximate surface area is 134 Å². The first-order valence-electron chi connectivity index (χ1n) is 8.63. The zero-order chi connectivity index (χ0) is 15.4. The van der Waals surface area contributed by atoms with Crippen molar-refractivity contribution in [1.29, 1.82) is 0 Å². The number of nitrogens with zero attached hydrogens (tertiary/aromatic N) is 1. The Morgan fingerprint density at radius 1 is 1.27 bits per heavy atom. The first kappa shape index (κ1) is 15.6. The summed E-state index contributed by atoms with van der Waals surface area (Å²) in [5, 5.41) is 3.41. The zero-order valence-corrected chi connectivity index (χ0v) is 14.0. The molecule has 3 heteroatoms. The molecule has 22 heavy (non-hydrogen) atoms. The van der Waals surface area contributed by atoms with Gasteiger partial charge < -0.3 is 10.1 Å². The molecule has 1 aliphatic carbocycles. The average Bonchev–Trinajstić information content (AvgIpc) is 3.07. The third kappa shape index (κ3) is 3.36. The number of hydrogen-bond donors (Lipinski definition) is 1. The monoisotopic (exact) mass is 300 g/mol. The lowest BCUT2D eigenvalue weighted by Gasteiger charge is -2.22. The Balaban J connectivity index is 1.87. The molecule has 3 nitrogen and oxygen atoms in total. The standard InChI is InChI=1S/C19H28N2O/c1-3-15(13-21-11-10-20-14-21)12-16-8-9-19(22-2)18-7-5-4-6-17(16)18/h8-9,12,20H,3-7,10-11,13-14H2,1-2H3/b15-12+. The van der Waals surface area contributed by atoms with E-state index in [1.807, 2.05) is 0 Å². The third-order valence-corrected chi connectivity index (χ3v) is 4.93. The second kappa shape index (κ2) is 7.30. The molecule has 1 saturated heterocycles. The van der Waals surface area contributed by atoms with Crippen LogP contribution in [0.25, 0.3) is 6.08 Å². The number of fused-ring (bicyclic) bond motifs is 1. The summed E-state index contributed by atoms with van der Waals surface area (Å²) in [5.74, 6) is 1.08.